The molecule has 31 heavy (non-hydrogen) atoms. The second-order valence-electron chi connectivity index (χ2n) is 6.79. The standard InChI is InChI=1S/C22H23N5O4/c1-2-3-4-13-31-19-11-7-17(8-12-19)22-20(14-21(28)25-26-22)24-23-15-16-5-9-18(10-6-16)27(29)30/h5-12,14-15H,2-4,13H2,1H3,(H2,24,25,28)/b23-15+. The van der Waals surface area contributed by atoms with Gasteiger partial charge in [0.1, 0.15) is 11.4 Å². The van der Waals surface area contributed by atoms with Crippen LogP contribution in [0.4, 0.5) is 11.4 Å². The molecule has 2 N–H and O–H groups in total. The largest absolute Gasteiger partial charge is 0.494 e. The third-order valence-electron chi connectivity index (χ3n) is 4.46. The first-order chi connectivity index (χ1) is 15.1. The number of nitrogens with zero attached hydrogens (tertiary/aromatic N) is 3. The molecule has 0 saturated heterocycles. The number of hydrogen-bond acceptors (Lipinski definition) is 7. The summed E-state index contributed by atoms with van der Waals surface area (Å²) in [6.45, 7) is 2.82. The summed E-state index contributed by atoms with van der Waals surface area (Å²) < 4.78 is 5.73. The Morgan fingerprint density at radius 1 is 1.16 bits per heavy atom. The molecule has 3 rings (SSSR count). The van der Waals surface area contributed by atoms with Crippen LogP contribution in [0.25, 0.3) is 11.3 Å². The number of aromatic amines is 1. The normalized spacial score (nSPS) is 10.9. The summed E-state index contributed by atoms with van der Waals surface area (Å²) in [7, 11) is 0. The zero-order valence-corrected chi connectivity index (χ0v) is 17.1. The highest BCUT2D eigenvalue weighted by Gasteiger charge is 2.09. The van der Waals surface area contributed by atoms with Gasteiger partial charge in [0.05, 0.1) is 23.4 Å². The van der Waals surface area contributed by atoms with Crippen LogP contribution in [-0.4, -0.2) is 27.9 Å². The molecule has 1 aromatic heterocycles. The lowest BCUT2D eigenvalue weighted by molar-refractivity contribution is -0.384. The van der Waals surface area contributed by atoms with E-state index in [1.807, 2.05) is 24.3 Å². The molecule has 0 aliphatic carbocycles. The highest BCUT2D eigenvalue weighted by Crippen LogP contribution is 2.26. The van der Waals surface area contributed by atoms with Gasteiger partial charge in [0.2, 0.25) is 0 Å². The van der Waals surface area contributed by atoms with E-state index < -0.39 is 4.92 Å². The predicted molar refractivity (Wildman–Crippen MR) is 120 cm³/mol. The van der Waals surface area contributed by atoms with Gasteiger partial charge in [-0.1, -0.05) is 19.8 Å². The Balaban J connectivity index is 1.71. The summed E-state index contributed by atoms with van der Waals surface area (Å²) in [4.78, 5) is 22.0. The molecule has 0 amide bonds. The van der Waals surface area contributed by atoms with Crippen LogP contribution < -0.4 is 15.7 Å². The summed E-state index contributed by atoms with van der Waals surface area (Å²) in [5.41, 5.74) is 4.87. The molecule has 0 spiro atoms. The molecule has 1 heterocycles. The zero-order chi connectivity index (χ0) is 22.1. The number of ether oxygens (including phenoxy) is 1. The first kappa shape index (κ1) is 21.7. The first-order valence-electron chi connectivity index (χ1n) is 9.93. The van der Waals surface area contributed by atoms with Crippen LogP contribution in [-0.2, 0) is 0 Å². The second kappa shape index (κ2) is 10.7. The van der Waals surface area contributed by atoms with Crippen LogP contribution in [0.1, 0.15) is 31.7 Å². The molecular weight excluding hydrogens is 398 g/mol. The van der Waals surface area contributed by atoms with Gasteiger partial charge in [-0.05, 0) is 48.4 Å². The van der Waals surface area contributed by atoms with E-state index in [1.165, 1.54) is 24.4 Å². The Bertz CT molecular complexity index is 1090. The molecule has 0 saturated carbocycles. The Hall–Kier alpha value is -4.01. The molecule has 9 nitrogen and oxygen atoms in total. The fraction of sp³-hybridized carbons (Fsp3) is 0.227. The predicted octanol–water partition coefficient (Wildman–Crippen LogP) is 4.36. The van der Waals surface area contributed by atoms with E-state index in [1.54, 1.807) is 12.1 Å². The van der Waals surface area contributed by atoms with Gasteiger partial charge in [-0.25, -0.2) is 5.10 Å². The highest BCUT2D eigenvalue weighted by molar-refractivity contribution is 5.81. The highest BCUT2D eigenvalue weighted by atomic mass is 16.6. The van der Waals surface area contributed by atoms with Crippen molar-refractivity contribution in [3.8, 4) is 17.0 Å². The van der Waals surface area contributed by atoms with E-state index in [-0.39, 0.29) is 11.2 Å². The molecular formula is C22H23N5O4. The van der Waals surface area contributed by atoms with Crippen molar-refractivity contribution in [3.05, 3.63) is 80.6 Å². The number of benzene rings is 2. The number of H-pyrrole nitrogens is 1. The SMILES string of the molecule is CCCCCOc1ccc(-c2n[nH]c(=O)cc2N/N=C/c2ccc([N+](=O)[O-])cc2)cc1. The van der Waals surface area contributed by atoms with Gasteiger partial charge in [-0.2, -0.15) is 10.2 Å². The number of anilines is 1. The second-order valence-corrected chi connectivity index (χ2v) is 6.79. The van der Waals surface area contributed by atoms with Crippen LogP contribution in [0.15, 0.2) is 64.5 Å². The van der Waals surface area contributed by atoms with Gasteiger partial charge >= 0.3 is 0 Å². The van der Waals surface area contributed by atoms with E-state index in [0.717, 1.165) is 30.6 Å². The summed E-state index contributed by atoms with van der Waals surface area (Å²) in [5.74, 6) is 0.773. The quantitative estimate of drug-likeness (QED) is 0.217. The van der Waals surface area contributed by atoms with Crippen molar-refractivity contribution in [2.45, 2.75) is 26.2 Å². The molecule has 0 radical (unpaired) electrons. The third-order valence-corrected chi connectivity index (χ3v) is 4.46. The topological polar surface area (TPSA) is 123 Å². The maximum atomic E-state index is 11.7. The fourth-order valence-corrected chi connectivity index (χ4v) is 2.82. The number of non-ortho nitro benzene ring substituents is 1. The van der Waals surface area contributed by atoms with Crippen molar-refractivity contribution in [3.63, 3.8) is 0 Å². The Kier molecular flexibility index (Phi) is 7.47. The number of unbranched alkanes of at least 4 members (excludes halogenated alkanes) is 2. The summed E-state index contributed by atoms with van der Waals surface area (Å²) in [5, 5.41) is 21.4. The molecule has 0 atom stereocenters. The molecule has 0 unspecified atom stereocenters. The molecule has 160 valence electrons. The van der Waals surface area contributed by atoms with Crippen LogP contribution in [0, 0.1) is 10.1 Å². The molecule has 0 fully saturated rings. The fourth-order valence-electron chi connectivity index (χ4n) is 2.82. The van der Waals surface area contributed by atoms with Gasteiger partial charge in [0.15, 0.2) is 0 Å². The number of aromatic nitrogens is 2. The molecule has 9 heteroatoms. The lowest BCUT2D eigenvalue weighted by Gasteiger charge is -2.09. The molecule has 0 bridgehead atoms. The van der Waals surface area contributed by atoms with Gasteiger partial charge in [0.25, 0.3) is 11.2 Å². The maximum absolute atomic E-state index is 11.7. The van der Waals surface area contributed by atoms with Crippen LogP contribution in [0.2, 0.25) is 0 Å². The molecule has 0 aliphatic rings. The van der Waals surface area contributed by atoms with E-state index in [9.17, 15) is 14.9 Å². The average Bonchev–Trinajstić information content (AvgIpc) is 2.78. The molecule has 2 aromatic carbocycles. The number of hydrogen-bond donors (Lipinski definition) is 2. The summed E-state index contributed by atoms with van der Waals surface area (Å²) in [6, 6.07) is 14.8. The van der Waals surface area contributed by atoms with Crippen molar-refractivity contribution < 1.29 is 9.66 Å². The van der Waals surface area contributed by atoms with E-state index >= 15 is 0 Å². The molecule has 3 aromatic rings. The van der Waals surface area contributed by atoms with Gasteiger partial charge in [-0.3, -0.25) is 20.3 Å². The van der Waals surface area contributed by atoms with Crippen molar-refractivity contribution in [1.29, 1.82) is 0 Å². The average molecular weight is 421 g/mol. The Morgan fingerprint density at radius 3 is 2.58 bits per heavy atom. The monoisotopic (exact) mass is 421 g/mol. The van der Waals surface area contributed by atoms with Crippen LogP contribution in [0.5, 0.6) is 5.75 Å². The van der Waals surface area contributed by atoms with Crippen LogP contribution in [0.3, 0.4) is 0 Å². The van der Waals surface area contributed by atoms with E-state index in [4.69, 9.17) is 4.74 Å². The minimum absolute atomic E-state index is 0.00368. The number of nitro benzene ring substituents is 1. The van der Waals surface area contributed by atoms with Crippen molar-refractivity contribution >= 4 is 17.6 Å². The first-order valence-corrected chi connectivity index (χ1v) is 9.93. The zero-order valence-electron chi connectivity index (χ0n) is 17.1. The van der Waals surface area contributed by atoms with E-state index in [2.05, 4.69) is 27.6 Å². The Labute approximate surface area is 178 Å². The number of rotatable bonds is 10. The minimum atomic E-state index is -0.463. The smallest absolute Gasteiger partial charge is 0.269 e. The van der Waals surface area contributed by atoms with Crippen molar-refractivity contribution in [2.75, 3.05) is 12.0 Å². The van der Waals surface area contributed by atoms with Gasteiger partial charge in [-0.15, -0.1) is 0 Å². The maximum Gasteiger partial charge on any atom is 0.269 e. The number of hydrazone groups is 1. The summed E-state index contributed by atoms with van der Waals surface area (Å²) in [6.07, 6.45) is 4.79. The summed E-state index contributed by atoms with van der Waals surface area (Å²) >= 11 is 0. The van der Waals surface area contributed by atoms with Gasteiger partial charge in [0, 0.05) is 23.8 Å². The minimum Gasteiger partial charge on any atom is -0.494 e. The molecule has 0 aliphatic heterocycles. The Morgan fingerprint density at radius 2 is 1.90 bits per heavy atom. The number of nitrogens with one attached hydrogen (secondary N) is 2. The van der Waals surface area contributed by atoms with Crippen molar-refractivity contribution in [1.82, 2.24) is 10.2 Å². The lowest BCUT2D eigenvalue weighted by atomic mass is 10.1. The van der Waals surface area contributed by atoms with Crippen molar-refractivity contribution in [2.24, 2.45) is 5.10 Å². The number of nitro groups is 1. The van der Waals surface area contributed by atoms with Crippen LogP contribution >= 0.6 is 0 Å². The third kappa shape index (κ3) is 6.23. The van der Waals surface area contributed by atoms with E-state index in [0.29, 0.717) is 23.6 Å². The lowest BCUT2D eigenvalue weighted by Crippen LogP contribution is -2.10. The van der Waals surface area contributed by atoms with Gasteiger partial charge < -0.3 is 4.74 Å².